The summed E-state index contributed by atoms with van der Waals surface area (Å²) >= 11 is 0. The first kappa shape index (κ1) is 19.0. The van der Waals surface area contributed by atoms with Gasteiger partial charge in [0.25, 0.3) is 0 Å². The maximum atomic E-state index is 2.54. The van der Waals surface area contributed by atoms with E-state index in [1.165, 1.54) is 25.8 Å². The highest BCUT2D eigenvalue weighted by molar-refractivity contribution is 4.83. The van der Waals surface area contributed by atoms with E-state index in [0.29, 0.717) is 22.3 Å². The van der Waals surface area contributed by atoms with Gasteiger partial charge in [-0.3, -0.25) is 0 Å². The number of nitrogens with zero attached hydrogens (tertiary/aromatic N) is 1. The SMILES string of the molecule is CC(CCC(C)(C)C)N(C)CCC(C)(C)C(C)(C)C. The Bertz CT molecular complexity index is 252. The van der Waals surface area contributed by atoms with Gasteiger partial charge >= 0.3 is 0 Å². The molecule has 0 rings (SSSR count). The Morgan fingerprint density at radius 1 is 0.842 bits per heavy atom. The molecule has 19 heavy (non-hydrogen) atoms. The van der Waals surface area contributed by atoms with Crippen LogP contribution in [-0.2, 0) is 0 Å². The Kier molecular flexibility index (Phi) is 6.59. The van der Waals surface area contributed by atoms with Gasteiger partial charge in [0.1, 0.15) is 0 Å². The molecular weight excluding hydrogens is 230 g/mol. The number of hydrogen-bond acceptors (Lipinski definition) is 1. The lowest BCUT2D eigenvalue weighted by Crippen LogP contribution is -2.37. The molecule has 0 saturated heterocycles. The van der Waals surface area contributed by atoms with Gasteiger partial charge in [0.2, 0.25) is 0 Å². The maximum Gasteiger partial charge on any atom is 0.00640 e. The molecule has 1 unspecified atom stereocenters. The summed E-state index contributed by atoms with van der Waals surface area (Å²) in [6, 6.07) is 0.690. The molecule has 0 heterocycles. The maximum absolute atomic E-state index is 2.54. The summed E-state index contributed by atoms with van der Waals surface area (Å²) in [5.41, 5.74) is 1.23. The lowest BCUT2D eigenvalue weighted by atomic mass is 9.67. The van der Waals surface area contributed by atoms with Gasteiger partial charge in [0.15, 0.2) is 0 Å². The van der Waals surface area contributed by atoms with Crippen molar-refractivity contribution < 1.29 is 0 Å². The van der Waals surface area contributed by atoms with Crippen LogP contribution in [0.4, 0.5) is 0 Å². The van der Waals surface area contributed by atoms with Gasteiger partial charge in [-0.2, -0.15) is 0 Å². The molecule has 0 aliphatic carbocycles. The Balaban J connectivity index is 4.21. The van der Waals surface area contributed by atoms with E-state index in [0.717, 1.165) is 0 Å². The summed E-state index contributed by atoms with van der Waals surface area (Å²) in [4.78, 5) is 2.54. The molecule has 0 radical (unpaired) electrons. The predicted octanol–water partition coefficient (Wildman–Crippen LogP) is 5.60. The minimum absolute atomic E-state index is 0.377. The molecular formula is C18H39N. The zero-order chi connectivity index (χ0) is 15.5. The number of rotatable bonds is 6. The summed E-state index contributed by atoms with van der Waals surface area (Å²) in [5, 5.41) is 0. The minimum atomic E-state index is 0.377. The van der Waals surface area contributed by atoms with Crippen molar-refractivity contribution in [2.45, 2.75) is 87.6 Å². The molecule has 0 aromatic carbocycles. The smallest absolute Gasteiger partial charge is 0.00640 e. The molecule has 0 aliphatic heterocycles. The second-order valence-corrected chi connectivity index (χ2v) is 9.31. The van der Waals surface area contributed by atoms with Crippen molar-refractivity contribution in [1.82, 2.24) is 4.90 Å². The van der Waals surface area contributed by atoms with Crippen molar-refractivity contribution in [3.8, 4) is 0 Å². The first-order valence-corrected chi connectivity index (χ1v) is 7.96. The van der Waals surface area contributed by atoms with Crippen molar-refractivity contribution in [3.63, 3.8) is 0 Å². The Morgan fingerprint density at radius 3 is 1.68 bits per heavy atom. The van der Waals surface area contributed by atoms with Gasteiger partial charge in [-0.05, 0) is 56.0 Å². The second-order valence-electron chi connectivity index (χ2n) is 9.31. The average Bonchev–Trinajstić information content (AvgIpc) is 2.19. The summed E-state index contributed by atoms with van der Waals surface area (Å²) in [7, 11) is 2.28. The molecule has 1 heteroatoms. The third-order valence-corrected chi connectivity index (χ3v) is 5.18. The largest absolute Gasteiger partial charge is 0.304 e. The van der Waals surface area contributed by atoms with Gasteiger partial charge in [0.05, 0.1) is 0 Å². The standard InChI is InChI=1S/C18H39N/c1-15(11-12-16(2,3)4)19(10)14-13-18(8,9)17(5,6)7/h15H,11-14H2,1-10H3. The fourth-order valence-corrected chi connectivity index (χ4v) is 1.91. The minimum Gasteiger partial charge on any atom is -0.304 e. The van der Waals surface area contributed by atoms with E-state index in [9.17, 15) is 0 Å². The van der Waals surface area contributed by atoms with E-state index in [1.807, 2.05) is 0 Å². The van der Waals surface area contributed by atoms with E-state index in [4.69, 9.17) is 0 Å². The van der Waals surface area contributed by atoms with E-state index in [2.05, 4.69) is 74.3 Å². The van der Waals surface area contributed by atoms with Crippen LogP contribution in [-0.4, -0.2) is 24.5 Å². The third kappa shape index (κ3) is 7.34. The fourth-order valence-electron chi connectivity index (χ4n) is 1.91. The quantitative estimate of drug-likeness (QED) is 0.607. The predicted molar refractivity (Wildman–Crippen MR) is 88.6 cm³/mol. The van der Waals surface area contributed by atoms with Crippen LogP contribution in [0.5, 0.6) is 0 Å². The molecule has 0 saturated carbocycles. The summed E-state index contributed by atoms with van der Waals surface area (Å²) in [6.45, 7) is 22.5. The topological polar surface area (TPSA) is 3.24 Å². The van der Waals surface area contributed by atoms with E-state index in [-0.39, 0.29) is 0 Å². The van der Waals surface area contributed by atoms with Crippen LogP contribution >= 0.6 is 0 Å². The van der Waals surface area contributed by atoms with Crippen molar-refractivity contribution in [3.05, 3.63) is 0 Å². The van der Waals surface area contributed by atoms with Crippen LogP contribution in [0, 0.1) is 16.2 Å². The lowest BCUT2D eigenvalue weighted by molar-refractivity contribution is 0.0938. The van der Waals surface area contributed by atoms with Gasteiger partial charge in [-0.15, -0.1) is 0 Å². The summed E-state index contributed by atoms with van der Waals surface area (Å²) < 4.78 is 0. The van der Waals surface area contributed by atoms with E-state index < -0.39 is 0 Å². The number of hydrogen-bond donors (Lipinski definition) is 0. The molecule has 0 aromatic heterocycles. The van der Waals surface area contributed by atoms with Crippen molar-refractivity contribution in [1.29, 1.82) is 0 Å². The first-order valence-electron chi connectivity index (χ1n) is 7.96. The first-order chi connectivity index (χ1) is 8.26. The van der Waals surface area contributed by atoms with Crippen molar-refractivity contribution >= 4 is 0 Å². The highest BCUT2D eigenvalue weighted by Crippen LogP contribution is 2.40. The molecule has 1 nitrogen and oxygen atoms in total. The zero-order valence-electron chi connectivity index (χ0n) is 15.4. The van der Waals surface area contributed by atoms with Crippen molar-refractivity contribution in [2.75, 3.05) is 13.6 Å². The molecule has 0 spiro atoms. The van der Waals surface area contributed by atoms with Crippen LogP contribution in [0.3, 0.4) is 0 Å². The van der Waals surface area contributed by atoms with E-state index in [1.54, 1.807) is 0 Å². The fraction of sp³-hybridized carbons (Fsp3) is 1.00. The van der Waals surface area contributed by atoms with Gasteiger partial charge in [-0.1, -0.05) is 55.4 Å². The molecule has 0 bridgehead atoms. The Morgan fingerprint density at radius 2 is 1.32 bits per heavy atom. The Hall–Kier alpha value is -0.0400. The van der Waals surface area contributed by atoms with Crippen LogP contribution in [0.2, 0.25) is 0 Å². The Labute approximate surface area is 123 Å². The highest BCUT2D eigenvalue weighted by atomic mass is 15.1. The van der Waals surface area contributed by atoms with Crippen LogP contribution in [0.1, 0.15) is 81.6 Å². The summed E-state index contributed by atoms with van der Waals surface area (Å²) in [5.74, 6) is 0. The molecule has 0 aromatic rings. The third-order valence-electron chi connectivity index (χ3n) is 5.18. The normalized spacial score (nSPS) is 15.9. The average molecular weight is 270 g/mol. The lowest BCUT2D eigenvalue weighted by Gasteiger charge is -2.40. The molecule has 0 aliphatic rings. The molecule has 0 N–H and O–H groups in total. The van der Waals surface area contributed by atoms with Gasteiger partial charge in [0, 0.05) is 6.04 Å². The van der Waals surface area contributed by atoms with Crippen molar-refractivity contribution in [2.24, 2.45) is 16.2 Å². The van der Waals surface area contributed by atoms with Crippen LogP contribution < -0.4 is 0 Å². The molecule has 0 amide bonds. The monoisotopic (exact) mass is 269 g/mol. The molecule has 0 fully saturated rings. The summed E-state index contributed by atoms with van der Waals surface area (Å²) in [6.07, 6.45) is 3.88. The van der Waals surface area contributed by atoms with Gasteiger partial charge in [-0.25, -0.2) is 0 Å². The molecule has 116 valence electrons. The zero-order valence-corrected chi connectivity index (χ0v) is 15.4. The van der Waals surface area contributed by atoms with Gasteiger partial charge < -0.3 is 4.90 Å². The highest BCUT2D eigenvalue weighted by Gasteiger charge is 2.32. The second kappa shape index (κ2) is 6.61. The van der Waals surface area contributed by atoms with Crippen LogP contribution in [0.15, 0.2) is 0 Å². The van der Waals surface area contributed by atoms with E-state index >= 15 is 0 Å². The van der Waals surface area contributed by atoms with Crippen LogP contribution in [0.25, 0.3) is 0 Å². The molecule has 1 atom stereocenters.